The van der Waals surface area contributed by atoms with Crippen molar-refractivity contribution in [3.8, 4) is 0 Å². The molecule has 2 nitrogen and oxygen atoms in total. The van der Waals surface area contributed by atoms with Crippen LogP contribution in [-0.2, 0) is 6.54 Å². The quantitative estimate of drug-likeness (QED) is 0.845. The maximum Gasteiger partial charge on any atom is 0.146 e. The molecule has 2 aromatic rings. The fraction of sp³-hybridized carbons (Fsp3) is 0.143. The molecule has 2 aromatic carbocycles. The molecule has 0 aliphatic heterocycles. The van der Waals surface area contributed by atoms with Gasteiger partial charge in [-0.05, 0) is 29.8 Å². The Kier molecular flexibility index (Phi) is 3.46. The van der Waals surface area contributed by atoms with Crippen LogP contribution >= 0.6 is 0 Å². The van der Waals surface area contributed by atoms with Gasteiger partial charge in [-0.2, -0.15) is 0 Å². The predicted octanol–water partition coefficient (Wildman–Crippen LogP) is 3.18. The zero-order valence-electron chi connectivity index (χ0n) is 10.0. The highest BCUT2D eigenvalue weighted by Gasteiger charge is 2.08. The summed E-state index contributed by atoms with van der Waals surface area (Å²) < 4.78 is 26.8. The highest BCUT2D eigenvalue weighted by atomic mass is 19.1. The van der Waals surface area contributed by atoms with E-state index in [1.54, 1.807) is 36.2 Å². The molecule has 0 atom stereocenters. The normalized spacial score (nSPS) is 10.4. The molecule has 0 fully saturated rings. The fourth-order valence-corrected chi connectivity index (χ4v) is 1.79. The first-order valence-corrected chi connectivity index (χ1v) is 5.57. The third-order valence-electron chi connectivity index (χ3n) is 2.75. The van der Waals surface area contributed by atoms with Crippen LogP contribution < -0.4 is 10.6 Å². The van der Waals surface area contributed by atoms with Gasteiger partial charge in [0.2, 0.25) is 0 Å². The molecule has 0 aliphatic rings. The molecule has 0 saturated carbocycles. The van der Waals surface area contributed by atoms with E-state index >= 15 is 0 Å². The molecule has 0 aromatic heterocycles. The van der Waals surface area contributed by atoms with Gasteiger partial charge in [-0.15, -0.1) is 0 Å². The molecule has 0 radical (unpaired) electrons. The molecule has 94 valence electrons. The lowest BCUT2D eigenvalue weighted by atomic mass is 10.1. The zero-order valence-corrected chi connectivity index (χ0v) is 10.0. The molecule has 0 unspecified atom stereocenters. The average Bonchev–Trinajstić information content (AvgIpc) is 2.34. The van der Waals surface area contributed by atoms with Crippen LogP contribution in [0, 0.1) is 11.6 Å². The molecule has 0 spiro atoms. The average molecular weight is 248 g/mol. The summed E-state index contributed by atoms with van der Waals surface area (Å²) in [5.74, 6) is -0.745. The first kappa shape index (κ1) is 12.4. The van der Waals surface area contributed by atoms with Crippen molar-refractivity contribution in [3.05, 3.63) is 59.7 Å². The number of anilines is 2. The summed E-state index contributed by atoms with van der Waals surface area (Å²) in [6.45, 7) is 0.415. The molecule has 4 heteroatoms. The minimum atomic E-state index is -0.450. The Morgan fingerprint density at radius 2 is 1.78 bits per heavy atom. The Morgan fingerprint density at radius 1 is 1.06 bits per heavy atom. The summed E-state index contributed by atoms with van der Waals surface area (Å²) in [4.78, 5) is 1.72. The minimum absolute atomic E-state index is 0.118. The summed E-state index contributed by atoms with van der Waals surface area (Å²) in [6.07, 6.45) is 0. The maximum atomic E-state index is 13.6. The van der Waals surface area contributed by atoms with Crippen molar-refractivity contribution in [3.63, 3.8) is 0 Å². The van der Waals surface area contributed by atoms with Gasteiger partial charge in [0.25, 0.3) is 0 Å². The van der Waals surface area contributed by atoms with E-state index in [1.807, 2.05) is 0 Å². The summed E-state index contributed by atoms with van der Waals surface area (Å²) in [5, 5.41) is 0. The van der Waals surface area contributed by atoms with E-state index in [4.69, 9.17) is 5.73 Å². The number of rotatable bonds is 3. The second kappa shape index (κ2) is 5.04. The van der Waals surface area contributed by atoms with Crippen LogP contribution in [0.4, 0.5) is 20.2 Å². The molecule has 18 heavy (non-hydrogen) atoms. The van der Waals surface area contributed by atoms with Gasteiger partial charge in [0.05, 0.1) is 11.4 Å². The van der Waals surface area contributed by atoms with Crippen LogP contribution in [0.1, 0.15) is 5.56 Å². The lowest BCUT2D eigenvalue weighted by molar-refractivity contribution is 0.620. The van der Waals surface area contributed by atoms with Crippen LogP contribution in [0.5, 0.6) is 0 Å². The van der Waals surface area contributed by atoms with Crippen LogP contribution in [0.25, 0.3) is 0 Å². The second-order valence-corrected chi connectivity index (χ2v) is 4.16. The summed E-state index contributed by atoms with van der Waals surface area (Å²) in [5.41, 5.74) is 6.75. The van der Waals surface area contributed by atoms with Gasteiger partial charge in [0, 0.05) is 13.6 Å². The van der Waals surface area contributed by atoms with E-state index in [0.717, 1.165) is 5.56 Å². The highest BCUT2D eigenvalue weighted by Crippen LogP contribution is 2.20. The molecular formula is C14H14F2N2. The lowest BCUT2D eigenvalue weighted by Gasteiger charge is -2.20. The van der Waals surface area contributed by atoms with Crippen LogP contribution in [0.15, 0.2) is 42.5 Å². The molecule has 0 aliphatic carbocycles. The molecular weight excluding hydrogens is 234 g/mol. The van der Waals surface area contributed by atoms with E-state index in [0.29, 0.717) is 12.2 Å². The Hall–Kier alpha value is -2.10. The molecule has 0 saturated heterocycles. The van der Waals surface area contributed by atoms with E-state index in [2.05, 4.69) is 0 Å². The van der Waals surface area contributed by atoms with Gasteiger partial charge in [0.1, 0.15) is 11.6 Å². The van der Waals surface area contributed by atoms with Crippen molar-refractivity contribution in [1.82, 2.24) is 0 Å². The number of nitrogens with zero attached hydrogens (tertiary/aromatic N) is 1. The first-order chi connectivity index (χ1) is 8.58. The molecule has 0 bridgehead atoms. The molecule has 0 heterocycles. The number of halogens is 2. The summed E-state index contributed by atoms with van der Waals surface area (Å²) >= 11 is 0. The number of nitrogens with two attached hydrogens (primary N) is 1. The standard InChI is InChI=1S/C14H14F2N2/c1-18(14-5-3-2-4-11(14)15)9-10-6-7-13(17)12(16)8-10/h2-8H,9,17H2,1H3. The van der Waals surface area contributed by atoms with Gasteiger partial charge < -0.3 is 10.6 Å². The number of hydrogen-bond donors (Lipinski definition) is 1. The molecule has 0 amide bonds. The summed E-state index contributed by atoms with van der Waals surface area (Å²) in [6, 6.07) is 11.1. The van der Waals surface area contributed by atoms with E-state index in [9.17, 15) is 8.78 Å². The Morgan fingerprint density at radius 3 is 2.44 bits per heavy atom. The number of nitrogen functional groups attached to an aromatic ring is 1. The molecule has 2 N–H and O–H groups in total. The monoisotopic (exact) mass is 248 g/mol. The predicted molar refractivity (Wildman–Crippen MR) is 69.3 cm³/mol. The topological polar surface area (TPSA) is 29.3 Å². The largest absolute Gasteiger partial charge is 0.396 e. The third-order valence-corrected chi connectivity index (χ3v) is 2.75. The van der Waals surface area contributed by atoms with Gasteiger partial charge in [0.15, 0.2) is 0 Å². The number of benzene rings is 2. The minimum Gasteiger partial charge on any atom is -0.396 e. The van der Waals surface area contributed by atoms with Crippen LogP contribution in [0.2, 0.25) is 0 Å². The van der Waals surface area contributed by atoms with Crippen molar-refractivity contribution >= 4 is 11.4 Å². The zero-order chi connectivity index (χ0) is 13.1. The SMILES string of the molecule is CN(Cc1ccc(N)c(F)c1)c1ccccc1F. The number of hydrogen-bond acceptors (Lipinski definition) is 2. The number of para-hydroxylation sites is 1. The van der Waals surface area contributed by atoms with Crippen molar-refractivity contribution in [2.45, 2.75) is 6.54 Å². The van der Waals surface area contributed by atoms with Crippen LogP contribution in [-0.4, -0.2) is 7.05 Å². The van der Waals surface area contributed by atoms with Gasteiger partial charge in [-0.3, -0.25) is 0 Å². The van der Waals surface area contributed by atoms with Crippen molar-refractivity contribution < 1.29 is 8.78 Å². The fourth-order valence-electron chi connectivity index (χ4n) is 1.79. The Balaban J connectivity index is 2.19. The Bertz CT molecular complexity index is 555. The van der Waals surface area contributed by atoms with Crippen molar-refractivity contribution in [1.29, 1.82) is 0 Å². The van der Waals surface area contributed by atoms with E-state index in [-0.39, 0.29) is 11.5 Å². The first-order valence-electron chi connectivity index (χ1n) is 5.57. The van der Waals surface area contributed by atoms with Crippen molar-refractivity contribution in [2.75, 3.05) is 17.7 Å². The smallest absolute Gasteiger partial charge is 0.146 e. The van der Waals surface area contributed by atoms with E-state index in [1.165, 1.54) is 18.2 Å². The van der Waals surface area contributed by atoms with Gasteiger partial charge in [-0.25, -0.2) is 8.78 Å². The summed E-state index contributed by atoms with van der Waals surface area (Å²) in [7, 11) is 1.76. The Labute approximate surface area is 105 Å². The molecule has 2 rings (SSSR count). The van der Waals surface area contributed by atoms with Crippen molar-refractivity contribution in [2.24, 2.45) is 0 Å². The lowest BCUT2D eigenvalue weighted by Crippen LogP contribution is -2.17. The maximum absolute atomic E-state index is 13.6. The second-order valence-electron chi connectivity index (χ2n) is 4.16. The van der Waals surface area contributed by atoms with Gasteiger partial charge in [-0.1, -0.05) is 18.2 Å². The van der Waals surface area contributed by atoms with Gasteiger partial charge >= 0.3 is 0 Å². The third kappa shape index (κ3) is 2.59. The van der Waals surface area contributed by atoms with Crippen LogP contribution in [0.3, 0.4) is 0 Å². The van der Waals surface area contributed by atoms with E-state index < -0.39 is 5.82 Å². The highest BCUT2D eigenvalue weighted by molar-refractivity contribution is 5.48.